The predicted octanol–water partition coefficient (Wildman–Crippen LogP) is -2.33. The Morgan fingerprint density at radius 3 is 1.54 bits per heavy atom. The van der Waals surface area contributed by atoms with Gasteiger partial charge in [-0.15, -0.1) is 0 Å². The quantitative estimate of drug-likeness (QED) is 0.0525. The summed E-state index contributed by atoms with van der Waals surface area (Å²) in [7, 11) is -31.2. The number of fused-ring (bicyclic) bond motifs is 2. The minimum atomic E-state index is -6.49. The molecule has 4 aromatic rings. The van der Waals surface area contributed by atoms with Gasteiger partial charge < -0.3 is 65.8 Å². The third-order valence-electron chi connectivity index (χ3n) is 7.63. The topological polar surface area (TPSA) is 481 Å². The molecule has 4 aromatic heterocycles. The van der Waals surface area contributed by atoms with Crippen molar-refractivity contribution in [2.45, 2.75) is 49.1 Å². The number of rotatable bonds is 16. The fraction of sp³-hybridized carbons (Fsp3) is 0.500. The second kappa shape index (κ2) is 16.0. The van der Waals surface area contributed by atoms with Crippen molar-refractivity contribution >= 4 is 73.1 Å². The van der Waals surface area contributed by atoms with E-state index in [1.165, 1.54) is 0 Å². The number of phosphoric ester groups is 2. The van der Waals surface area contributed by atoms with E-state index in [2.05, 4.69) is 51.7 Å². The van der Waals surface area contributed by atoms with Crippen LogP contribution in [0.3, 0.4) is 0 Å². The molecule has 316 valence electrons. The highest BCUT2D eigenvalue weighted by Crippen LogP contribution is 2.74. The highest BCUT2D eigenvalue weighted by Gasteiger charge is 2.53. The Morgan fingerprint density at radius 1 is 0.614 bits per heavy atom. The van der Waals surface area contributed by atoms with Crippen LogP contribution in [-0.4, -0.2) is 134 Å². The largest absolute Gasteiger partial charge is 0.490 e. The van der Waals surface area contributed by atoms with Gasteiger partial charge in [0.25, 0.3) is 0 Å². The Hall–Kier alpha value is -2.83. The van der Waals surface area contributed by atoms with E-state index in [9.17, 15) is 67.7 Å². The van der Waals surface area contributed by atoms with Crippen molar-refractivity contribution in [3.05, 3.63) is 25.3 Å². The number of imidazole rings is 2. The second-order valence-electron chi connectivity index (χ2n) is 11.5. The summed E-state index contributed by atoms with van der Waals surface area (Å²) < 4.78 is 99.7. The van der Waals surface area contributed by atoms with Gasteiger partial charge in [-0.1, -0.05) is 0 Å². The lowest BCUT2D eigenvalue weighted by Gasteiger charge is -2.24. The molecule has 0 radical (unpaired) electrons. The van der Waals surface area contributed by atoms with Gasteiger partial charge in [-0.3, -0.25) is 18.2 Å². The molecule has 0 amide bonds. The maximum absolute atomic E-state index is 12.7. The molecule has 0 bridgehead atoms. The van der Waals surface area contributed by atoms with E-state index in [4.69, 9.17) is 25.5 Å². The molecule has 57 heavy (non-hydrogen) atoms. The monoisotopic (exact) mass is 916 g/mol. The van der Waals surface area contributed by atoms with Crippen LogP contribution in [0.1, 0.15) is 12.5 Å². The summed E-state index contributed by atoms with van der Waals surface area (Å²) in [6.45, 7) is -2.18. The van der Waals surface area contributed by atoms with Gasteiger partial charge in [0.2, 0.25) is 0 Å². The average molecular weight is 916 g/mol. The van der Waals surface area contributed by atoms with Crippen molar-refractivity contribution in [2.75, 3.05) is 24.7 Å². The van der Waals surface area contributed by atoms with Crippen molar-refractivity contribution in [2.24, 2.45) is 0 Å². The van der Waals surface area contributed by atoms with Crippen LogP contribution < -0.4 is 11.5 Å². The molecule has 0 spiro atoms. The maximum Gasteiger partial charge on any atom is 0.490 e. The van der Waals surface area contributed by atoms with E-state index in [1.807, 2.05) is 0 Å². The molecule has 13 atom stereocenters. The van der Waals surface area contributed by atoms with Crippen LogP contribution in [0.15, 0.2) is 25.3 Å². The summed E-state index contributed by atoms with van der Waals surface area (Å²) in [4.78, 5) is 73.0. The van der Waals surface area contributed by atoms with Gasteiger partial charge in [0.15, 0.2) is 35.4 Å². The van der Waals surface area contributed by atoms with E-state index in [0.717, 1.165) is 34.4 Å². The van der Waals surface area contributed by atoms with Gasteiger partial charge in [0.1, 0.15) is 60.3 Å². The molecule has 0 aliphatic carbocycles. The minimum absolute atomic E-state index is 0.00787. The number of aliphatic hydroxyl groups excluding tert-OH is 4. The summed E-state index contributed by atoms with van der Waals surface area (Å²) in [5, 5.41) is 41.5. The summed E-state index contributed by atoms with van der Waals surface area (Å²) >= 11 is 0. The smallest absolute Gasteiger partial charge is 0.394 e. The van der Waals surface area contributed by atoms with E-state index in [0.29, 0.717) is 0 Å². The molecule has 37 heteroatoms. The van der Waals surface area contributed by atoms with Crippen LogP contribution in [-0.2, 0) is 58.6 Å². The van der Waals surface area contributed by atoms with E-state index >= 15 is 0 Å². The third kappa shape index (κ3) is 9.64. The van der Waals surface area contributed by atoms with Crippen LogP contribution in [0.4, 0.5) is 11.6 Å². The van der Waals surface area contributed by atoms with Gasteiger partial charge in [0, 0.05) is 0 Å². The minimum Gasteiger partial charge on any atom is -0.394 e. The number of aliphatic hydroxyl groups is 4. The molecule has 0 saturated carbocycles. The zero-order valence-electron chi connectivity index (χ0n) is 27.6. The summed E-state index contributed by atoms with van der Waals surface area (Å²) in [6, 6.07) is 0. The number of nitrogens with zero attached hydrogens (tertiary/aromatic N) is 8. The van der Waals surface area contributed by atoms with Gasteiger partial charge in [-0.05, 0) is 0 Å². The standard InChI is InChI=1S/C20H29N10O22P5/c21-15-9-17(25-3-23-15)29(5-27-9)19-12(33)11(32)8(47-19)2-45-53(35,36)49-55(39,40)51-57(43,44)52-56(41,42)50-54(37,38)48-14-7(1-31)46-20(13(14)34)30-6-28-10-16(22)24-4-26-18(10)30/h3-8,11-14,19-20,31-34H,1-2H2,(H,35,36)(H,37,38)(H,39,40)(H,41,42)(H,43,44)(H2,21,23,25)(H2,22,24,26)/t7-,8-,11-,12-,13-,14-,19-,20-/m1/s1. The van der Waals surface area contributed by atoms with Crippen LogP contribution >= 0.6 is 39.1 Å². The van der Waals surface area contributed by atoms with Crippen molar-refractivity contribution in [3.8, 4) is 0 Å². The molecule has 2 aliphatic heterocycles. The molecule has 2 saturated heterocycles. The number of anilines is 2. The third-order valence-corrected chi connectivity index (χ3v) is 15.2. The fourth-order valence-corrected chi connectivity index (χ4v) is 11.9. The van der Waals surface area contributed by atoms with E-state index in [-0.39, 0.29) is 34.0 Å². The van der Waals surface area contributed by atoms with Crippen LogP contribution in [0.2, 0.25) is 0 Å². The molecule has 6 heterocycles. The molecule has 6 rings (SSSR count). The summed E-state index contributed by atoms with van der Waals surface area (Å²) in [5.74, 6) is -0.117. The molecular formula is C20H29N10O22P5. The number of nitrogen functional groups attached to an aromatic ring is 2. The number of ether oxygens (including phenoxy) is 2. The Labute approximate surface area is 314 Å². The number of hydrogen-bond donors (Lipinski definition) is 11. The second-order valence-corrected chi connectivity index (χ2v) is 19.3. The number of hydrogen-bond acceptors (Lipinski definition) is 25. The molecule has 2 aliphatic rings. The zero-order chi connectivity index (χ0) is 41.9. The first-order chi connectivity index (χ1) is 26.4. The molecule has 5 unspecified atom stereocenters. The van der Waals surface area contributed by atoms with Gasteiger partial charge >= 0.3 is 39.1 Å². The van der Waals surface area contributed by atoms with Crippen LogP contribution in [0.5, 0.6) is 0 Å². The SMILES string of the molecule is Nc1ncnc2c1ncn2[C@@H]1O[C@H](COP(=O)(O)OP(=O)(O)OP(=O)(O)OP(=O)(O)OP(=O)(O)O[C@H]2[C@@H](O)[C@H](n3cnc4c(N)ncnc43)O[C@@H]2CO)[C@@H](O)[C@H]1O. The number of phosphoric acid groups is 5. The van der Waals surface area contributed by atoms with E-state index < -0.39 is 101 Å². The summed E-state index contributed by atoms with van der Waals surface area (Å²) in [5.41, 5.74) is 11.6. The van der Waals surface area contributed by atoms with Crippen molar-refractivity contribution in [1.29, 1.82) is 0 Å². The van der Waals surface area contributed by atoms with Gasteiger partial charge in [-0.2, -0.15) is 17.2 Å². The normalized spacial score (nSPS) is 30.8. The van der Waals surface area contributed by atoms with Gasteiger partial charge in [0.05, 0.1) is 25.9 Å². The molecular weight excluding hydrogens is 887 g/mol. The van der Waals surface area contributed by atoms with Crippen molar-refractivity contribution < 1.29 is 103 Å². The van der Waals surface area contributed by atoms with Gasteiger partial charge in [-0.25, -0.2) is 52.7 Å². The van der Waals surface area contributed by atoms with Crippen molar-refractivity contribution in [1.82, 2.24) is 39.0 Å². The molecule has 32 nitrogen and oxygen atoms in total. The lowest BCUT2D eigenvalue weighted by molar-refractivity contribution is -0.0509. The first-order valence-electron chi connectivity index (χ1n) is 15.1. The summed E-state index contributed by atoms with van der Waals surface area (Å²) in [6.07, 6.45) is -9.71. The molecule has 0 aromatic carbocycles. The predicted molar refractivity (Wildman–Crippen MR) is 177 cm³/mol. The van der Waals surface area contributed by atoms with Crippen LogP contribution in [0, 0.1) is 0 Å². The van der Waals surface area contributed by atoms with E-state index in [1.54, 1.807) is 0 Å². The lowest BCUT2D eigenvalue weighted by atomic mass is 10.1. The average Bonchev–Trinajstić information content (AvgIpc) is 3.83. The Morgan fingerprint density at radius 2 is 1.05 bits per heavy atom. The first-order valence-corrected chi connectivity index (χ1v) is 22.5. The zero-order valence-corrected chi connectivity index (χ0v) is 32.1. The Kier molecular flexibility index (Phi) is 12.3. The first kappa shape index (κ1) is 43.7. The van der Waals surface area contributed by atoms with Crippen molar-refractivity contribution in [3.63, 3.8) is 0 Å². The lowest BCUT2D eigenvalue weighted by Crippen LogP contribution is -2.35. The Balaban J connectivity index is 1.04. The highest BCUT2D eigenvalue weighted by atomic mass is 31.3. The molecule has 2 fully saturated rings. The molecule has 13 N–H and O–H groups in total. The highest BCUT2D eigenvalue weighted by molar-refractivity contribution is 7.71. The maximum atomic E-state index is 12.7. The fourth-order valence-electron chi connectivity index (χ4n) is 5.37. The van der Waals surface area contributed by atoms with Crippen LogP contribution in [0.25, 0.3) is 22.3 Å². The number of aromatic nitrogens is 8. The Bertz CT molecular complexity index is 2390. The number of nitrogens with two attached hydrogens (primary N) is 2.